The van der Waals surface area contributed by atoms with Crippen LogP contribution in [0, 0.1) is 0 Å². The fraction of sp³-hybridized carbons (Fsp3) is 0.636. The zero-order chi connectivity index (χ0) is 11.7. The number of hydrogen-bond donors (Lipinski definition) is 1. The van der Waals surface area contributed by atoms with Crippen LogP contribution in [0.3, 0.4) is 0 Å². The van der Waals surface area contributed by atoms with E-state index in [0.29, 0.717) is 12.1 Å². The first-order valence-electron chi connectivity index (χ1n) is 5.46. The van der Waals surface area contributed by atoms with Crippen LogP contribution in [0.5, 0.6) is 0 Å². The molecule has 16 heavy (non-hydrogen) atoms. The Kier molecular flexibility index (Phi) is 4.30. The molecule has 0 saturated carbocycles. The van der Waals surface area contributed by atoms with Gasteiger partial charge in [0.15, 0.2) is 0 Å². The first-order valence-corrected chi connectivity index (χ1v) is 7.45. The molecular formula is C11H16BrClN2S. The molecule has 2 nitrogen and oxygen atoms in total. The maximum absolute atomic E-state index is 6.05. The summed E-state index contributed by atoms with van der Waals surface area (Å²) in [4.78, 5) is 3.82. The number of hydrogen-bond acceptors (Lipinski definition) is 3. The van der Waals surface area contributed by atoms with Gasteiger partial charge in [0.25, 0.3) is 0 Å². The van der Waals surface area contributed by atoms with Gasteiger partial charge in [0, 0.05) is 41.1 Å². The van der Waals surface area contributed by atoms with Crippen molar-refractivity contribution in [1.29, 1.82) is 0 Å². The summed E-state index contributed by atoms with van der Waals surface area (Å²) in [6.45, 7) is 7.70. The van der Waals surface area contributed by atoms with Crippen LogP contribution in [0.1, 0.15) is 18.7 Å². The molecule has 0 radical (unpaired) electrons. The smallest absolute Gasteiger partial charge is 0.107 e. The first-order chi connectivity index (χ1) is 7.54. The highest BCUT2D eigenvalue weighted by molar-refractivity contribution is 9.10. The number of piperazine rings is 1. The summed E-state index contributed by atoms with van der Waals surface area (Å²) in [5.41, 5.74) is 0. The lowest BCUT2D eigenvalue weighted by atomic mass is 10.1. The highest BCUT2D eigenvalue weighted by atomic mass is 79.9. The molecule has 0 aliphatic carbocycles. The van der Waals surface area contributed by atoms with Crippen LogP contribution >= 0.6 is 38.9 Å². The minimum Gasteiger partial charge on any atom is -0.309 e. The minimum absolute atomic E-state index is 0.572. The van der Waals surface area contributed by atoms with Crippen molar-refractivity contribution in [3.05, 3.63) is 19.8 Å². The summed E-state index contributed by atoms with van der Waals surface area (Å²) in [7, 11) is 0. The number of halogens is 2. The van der Waals surface area contributed by atoms with Gasteiger partial charge in [-0.25, -0.2) is 0 Å². The summed E-state index contributed by atoms with van der Waals surface area (Å²) in [5.74, 6) is 0. The topological polar surface area (TPSA) is 15.3 Å². The standard InChI is InChI=1S/C11H16BrClN2S/c1-7-4-15(5-8(2)14-7)6-9-3-10(12)11(13)16-9/h3,7-8,14H,4-6H2,1-2H3. The summed E-state index contributed by atoms with van der Waals surface area (Å²) in [6, 6.07) is 3.27. The Bertz CT molecular complexity index is 339. The molecule has 0 aromatic carbocycles. The second kappa shape index (κ2) is 5.36. The third kappa shape index (κ3) is 3.20. The Labute approximate surface area is 114 Å². The van der Waals surface area contributed by atoms with Gasteiger partial charge in [0.2, 0.25) is 0 Å². The van der Waals surface area contributed by atoms with Gasteiger partial charge in [-0.05, 0) is 35.8 Å². The average Bonchev–Trinajstić information content (AvgIpc) is 2.43. The molecule has 2 atom stereocenters. The molecule has 1 aromatic rings. The van der Waals surface area contributed by atoms with E-state index < -0.39 is 0 Å². The molecule has 1 aromatic heterocycles. The highest BCUT2D eigenvalue weighted by Gasteiger charge is 2.21. The van der Waals surface area contributed by atoms with Crippen LogP contribution in [0.25, 0.3) is 0 Å². The zero-order valence-corrected chi connectivity index (χ0v) is 12.6. The molecule has 0 spiro atoms. The van der Waals surface area contributed by atoms with E-state index in [1.807, 2.05) is 0 Å². The van der Waals surface area contributed by atoms with Crippen molar-refractivity contribution >= 4 is 38.9 Å². The lowest BCUT2D eigenvalue weighted by Gasteiger charge is -2.35. The Balaban J connectivity index is 1.98. The third-order valence-electron chi connectivity index (χ3n) is 2.71. The quantitative estimate of drug-likeness (QED) is 0.898. The second-order valence-corrected chi connectivity index (χ2v) is 7.09. The van der Waals surface area contributed by atoms with E-state index in [9.17, 15) is 0 Å². The zero-order valence-electron chi connectivity index (χ0n) is 9.46. The van der Waals surface area contributed by atoms with Gasteiger partial charge >= 0.3 is 0 Å². The van der Waals surface area contributed by atoms with Gasteiger partial charge in [-0.2, -0.15) is 0 Å². The molecule has 90 valence electrons. The second-order valence-electron chi connectivity index (χ2n) is 4.50. The maximum atomic E-state index is 6.05. The number of thiophene rings is 1. The molecule has 1 saturated heterocycles. The molecule has 0 amide bonds. The van der Waals surface area contributed by atoms with E-state index in [-0.39, 0.29) is 0 Å². The van der Waals surface area contributed by atoms with E-state index >= 15 is 0 Å². The molecule has 1 N–H and O–H groups in total. The molecule has 1 aliphatic heterocycles. The number of rotatable bonds is 2. The largest absolute Gasteiger partial charge is 0.309 e. The summed E-state index contributed by atoms with van der Waals surface area (Å²) in [6.07, 6.45) is 0. The average molecular weight is 324 g/mol. The van der Waals surface area contributed by atoms with E-state index in [0.717, 1.165) is 28.4 Å². The van der Waals surface area contributed by atoms with Gasteiger partial charge in [-0.15, -0.1) is 11.3 Å². The van der Waals surface area contributed by atoms with Crippen molar-refractivity contribution in [3.63, 3.8) is 0 Å². The van der Waals surface area contributed by atoms with Gasteiger partial charge in [-0.3, -0.25) is 4.90 Å². The molecule has 2 rings (SSSR count). The Morgan fingerprint density at radius 2 is 2.12 bits per heavy atom. The normalized spacial score (nSPS) is 27.2. The predicted octanol–water partition coefficient (Wildman–Crippen LogP) is 3.35. The fourth-order valence-electron chi connectivity index (χ4n) is 2.26. The van der Waals surface area contributed by atoms with Gasteiger partial charge < -0.3 is 5.32 Å². The van der Waals surface area contributed by atoms with Crippen molar-refractivity contribution in [2.75, 3.05) is 13.1 Å². The Morgan fingerprint density at radius 3 is 2.62 bits per heavy atom. The molecule has 1 fully saturated rings. The van der Waals surface area contributed by atoms with Gasteiger partial charge in [0.1, 0.15) is 4.34 Å². The summed E-state index contributed by atoms with van der Waals surface area (Å²) < 4.78 is 1.87. The van der Waals surface area contributed by atoms with Crippen LogP contribution < -0.4 is 5.32 Å². The maximum Gasteiger partial charge on any atom is 0.107 e. The van der Waals surface area contributed by atoms with Gasteiger partial charge in [0.05, 0.1) is 0 Å². The van der Waals surface area contributed by atoms with Crippen LogP contribution in [-0.2, 0) is 6.54 Å². The lowest BCUT2D eigenvalue weighted by molar-refractivity contribution is 0.168. The molecule has 0 bridgehead atoms. The monoisotopic (exact) mass is 322 g/mol. The molecular weight excluding hydrogens is 308 g/mol. The van der Waals surface area contributed by atoms with E-state index in [1.165, 1.54) is 4.88 Å². The van der Waals surface area contributed by atoms with Crippen LogP contribution in [-0.4, -0.2) is 30.1 Å². The van der Waals surface area contributed by atoms with Crippen LogP contribution in [0.15, 0.2) is 10.5 Å². The Hall–Kier alpha value is 0.390. The summed E-state index contributed by atoms with van der Waals surface area (Å²) >= 11 is 11.2. The van der Waals surface area contributed by atoms with Crippen molar-refractivity contribution in [2.45, 2.75) is 32.5 Å². The highest BCUT2D eigenvalue weighted by Crippen LogP contribution is 2.32. The van der Waals surface area contributed by atoms with Crippen LogP contribution in [0.2, 0.25) is 4.34 Å². The van der Waals surface area contributed by atoms with Crippen molar-refractivity contribution in [3.8, 4) is 0 Å². The van der Waals surface area contributed by atoms with E-state index in [2.05, 4.69) is 46.1 Å². The lowest BCUT2D eigenvalue weighted by Crippen LogP contribution is -2.53. The van der Waals surface area contributed by atoms with Crippen LogP contribution in [0.4, 0.5) is 0 Å². The van der Waals surface area contributed by atoms with Gasteiger partial charge in [-0.1, -0.05) is 11.6 Å². The van der Waals surface area contributed by atoms with Crippen molar-refractivity contribution in [1.82, 2.24) is 10.2 Å². The number of nitrogens with zero attached hydrogens (tertiary/aromatic N) is 1. The first kappa shape index (κ1) is 12.8. The molecule has 5 heteroatoms. The molecule has 2 heterocycles. The van der Waals surface area contributed by atoms with Crippen molar-refractivity contribution in [2.24, 2.45) is 0 Å². The minimum atomic E-state index is 0.572. The predicted molar refractivity (Wildman–Crippen MR) is 74.4 cm³/mol. The van der Waals surface area contributed by atoms with Crippen molar-refractivity contribution < 1.29 is 0 Å². The van der Waals surface area contributed by atoms with E-state index in [1.54, 1.807) is 11.3 Å². The van der Waals surface area contributed by atoms with E-state index in [4.69, 9.17) is 11.6 Å². The Morgan fingerprint density at radius 1 is 1.50 bits per heavy atom. The third-order valence-corrected chi connectivity index (χ3v) is 5.17. The summed E-state index contributed by atoms with van der Waals surface area (Å²) in [5, 5.41) is 3.54. The molecule has 1 aliphatic rings. The SMILES string of the molecule is CC1CN(Cc2cc(Br)c(Cl)s2)CC(C)N1. The number of nitrogens with one attached hydrogen (secondary N) is 1. The fourth-order valence-corrected chi connectivity index (χ4v) is 4.09. The molecule has 2 unspecified atom stereocenters.